The number of halogens is 3. The number of nitrogens with zero attached hydrogens (tertiary/aromatic N) is 2. The predicted octanol–water partition coefficient (Wildman–Crippen LogP) is 4.34. The molecule has 236 valence electrons. The third kappa shape index (κ3) is 7.22. The van der Waals surface area contributed by atoms with Crippen molar-refractivity contribution >= 4 is 27.3 Å². The van der Waals surface area contributed by atoms with Gasteiger partial charge in [-0.3, -0.25) is 14.4 Å². The van der Waals surface area contributed by atoms with Gasteiger partial charge in [-0.05, 0) is 66.1 Å². The molecule has 3 aromatic carbocycles. The number of likely N-dealkylation sites (N-methyl/N-ethyl adjacent to an activating group) is 1. The number of aliphatic hydroxyl groups excluding tert-OH is 1. The number of hydroxylamine groups is 2. The van der Waals surface area contributed by atoms with E-state index < -0.39 is 46.2 Å². The first-order chi connectivity index (χ1) is 20.8. The van der Waals surface area contributed by atoms with Crippen LogP contribution in [0, 0.1) is 0 Å². The maximum atomic E-state index is 13.2. The number of carbonyl (C=O) groups excluding carboxylic acids is 2. The van der Waals surface area contributed by atoms with E-state index in [1.807, 2.05) is 4.90 Å². The molecule has 1 aliphatic rings. The monoisotopic (exact) mass is 633 g/mol. The van der Waals surface area contributed by atoms with Crippen molar-refractivity contribution in [3.63, 3.8) is 0 Å². The number of carbonyl (C=O) groups is 2. The van der Waals surface area contributed by atoms with Gasteiger partial charge in [-0.2, -0.15) is 13.2 Å². The molecule has 1 fully saturated rings. The van der Waals surface area contributed by atoms with Crippen LogP contribution in [0.4, 0.5) is 18.9 Å². The van der Waals surface area contributed by atoms with Crippen LogP contribution in [0.15, 0.2) is 77.7 Å². The molecule has 3 aromatic rings. The maximum absolute atomic E-state index is 13.2. The van der Waals surface area contributed by atoms with Gasteiger partial charge in [0.2, 0.25) is 0 Å². The SMILES string of the molecule is CCS(=O)(=O)c1ccc(C(CO)NC(=O)c2ccc(N3CC(c4ccc(C(F)(F)F)cc4)C[C@H]3C(=O)N(C)OC)cc2)cc1. The third-order valence-electron chi connectivity index (χ3n) is 7.85. The lowest BCUT2D eigenvalue weighted by Crippen LogP contribution is -2.43. The molecule has 2 unspecified atom stereocenters. The summed E-state index contributed by atoms with van der Waals surface area (Å²) in [4.78, 5) is 33.3. The van der Waals surface area contributed by atoms with Crippen LogP contribution in [-0.2, 0) is 25.6 Å². The molecule has 2 N–H and O–H groups in total. The molecule has 0 aliphatic carbocycles. The van der Waals surface area contributed by atoms with Crippen molar-refractivity contribution in [3.8, 4) is 0 Å². The largest absolute Gasteiger partial charge is 0.416 e. The second-order valence-corrected chi connectivity index (χ2v) is 12.7. The molecule has 2 amide bonds. The first-order valence-electron chi connectivity index (χ1n) is 13.9. The summed E-state index contributed by atoms with van der Waals surface area (Å²) in [5, 5.41) is 13.8. The van der Waals surface area contributed by atoms with Crippen LogP contribution in [-0.4, -0.2) is 69.5 Å². The van der Waals surface area contributed by atoms with Crippen LogP contribution >= 0.6 is 0 Å². The van der Waals surface area contributed by atoms with E-state index in [4.69, 9.17) is 4.84 Å². The first-order valence-corrected chi connectivity index (χ1v) is 15.5. The normalized spacial score (nSPS) is 17.8. The molecular weight excluding hydrogens is 599 g/mol. The summed E-state index contributed by atoms with van der Waals surface area (Å²) in [5.41, 5.74) is 1.37. The van der Waals surface area contributed by atoms with Crippen LogP contribution in [0.2, 0.25) is 0 Å². The van der Waals surface area contributed by atoms with Gasteiger partial charge in [0.25, 0.3) is 11.8 Å². The van der Waals surface area contributed by atoms with E-state index in [1.54, 1.807) is 43.3 Å². The quantitative estimate of drug-likeness (QED) is 0.319. The molecule has 4 rings (SSSR count). The fourth-order valence-corrected chi connectivity index (χ4v) is 6.08. The van der Waals surface area contributed by atoms with Gasteiger partial charge >= 0.3 is 6.18 Å². The molecule has 1 heterocycles. The lowest BCUT2D eigenvalue weighted by Gasteiger charge is -2.28. The topological polar surface area (TPSA) is 116 Å². The second-order valence-electron chi connectivity index (χ2n) is 10.5. The van der Waals surface area contributed by atoms with Gasteiger partial charge in [0, 0.05) is 30.8 Å². The standard InChI is InChI=1S/C31H34F3N3O6S/c1-4-44(41,42)26-15-9-21(10-16-26)27(19-38)35-29(39)22-7-13-25(14-8-22)37-18-23(17-28(37)30(40)36(2)43-3)20-5-11-24(12-6-20)31(32,33)34/h5-16,23,27-28,38H,4,17-19H2,1-3H3,(H,35,39)/t23?,27?,28-/m0/s1. The smallest absolute Gasteiger partial charge is 0.394 e. The number of rotatable bonds is 10. The van der Waals surface area contributed by atoms with Crippen LogP contribution in [0.1, 0.15) is 52.4 Å². The Kier molecular flexibility index (Phi) is 10.0. The first kappa shape index (κ1) is 33.0. The molecule has 3 atom stereocenters. The Balaban J connectivity index is 1.51. The summed E-state index contributed by atoms with van der Waals surface area (Å²) < 4.78 is 63.4. The van der Waals surface area contributed by atoms with Gasteiger partial charge in [0.15, 0.2) is 9.84 Å². The van der Waals surface area contributed by atoms with Crippen molar-refractivity contribution in [1.82, 2.24) is 10.4 Å². The fourth-order valence-electron chi connectivity index (χ4n) is 5.20. The number of amides is 2. The van der Waals surface area contributed by atoms with Crippen LogP contribution in [0.25, 0.3) is 0 Å². The van der Waals surface area contributed by atoms with E-state index in [1.165, 1.54) is 38.4 Å². The number of anilines is 1. The zero-order valence-corrected chi connectivity index (χ0v) is 25.2. The highest BCUT2D eigenvalue weighted by atomic mass is 32.2. The Morgan fingerprint density at radius 2 is 1.66 bits per heavy atom. The van der Waals surface area contributed by atoms with E-state index in [0.29, 0.717) is 29.8 Å². The molecule has 0 spiro atoms. The van der Waals surface area contributed by atoms with Gasteiger partial charge in [0.1, 0.15) is 6.04 Å². The summed E-state index contributed by atoms with van der Waals surface area (Å²) >= 11 is 0. The molecule has 9 nitrogen and oxygen atoms in total. The number of benzene rings is 3. The van der Waals surface area contributed by atoms with Crippen molar-refractivity contribution in [3.05, 3.63) is 95.1 Å². The Morgan fingerprint density at radius 1 is 1.05 bits per heavy atom. The molecule has 13 heteroatoms. The highest BCUT2D eigenvalue weighted by Gasteiger charge is 2.40. The van der Waals surface area contributed by atoms with Gasteiger partial charge in [-0.15, -0.1) is 0 Å². The summed E-state index contributed by atoms with van der Waals surface area (Å²) in [5.74, 6) is -1.08. The molecular formula is C31H34F3N3O6S. The number of alkyl halides is 3. The molecule has 0 aromatic heterocycles. The number of hydrogen-bond acceptors (Lipinski definition) is 7. The number of aliphatic hydroxyl groups is 1. The molecule has 1 saturated heterocycles. The van der Waals surface area contributed by atoms with Gasteiger partial charge in [-0.1, -0.05) is 31.2 Å². The second kappa shape index (κ2) is 13.4. The molecule has 0 saturated carbocycles. The summed E-state index contributed by atoms with van der Waals surface area (Å²) in [6, 6.07) is 15.9. The predicted molar refractivity (Wildman–Crippen MR) is 158 cm³/mol. The number of nitrogens with one attached hydrogen (secondary N) is 1. The molecule has 0 radical (unpaired) electrons. The molecule has 0 bridgehead atoms. The zero-order valence-electron chi connectivity index (χ0n) is 24.4. The molecule has 1 aliphatic heterocycles. The Morgan fingerprint density at radius 3 is 2.18 bits per heavy atom. The number of sulfone groups is 1. The van der Waals surface area contributed by atoms with Gasteiger partial charge in [-0.25, -0.2) is 13.5 Å². The Labute approximate surface area is 254 Å². The Bertz CT molecular complexity index is 1560. The van der Waals surface area contributed by atoms with Crippen molar-refractivity contribution < 1.29 is 41.1 Å². The van der Waals surface area contributed by atoms with Gasteiger partial charge in [0.05, 0.1) is 36.0 Å². The third-order valence-corrected chi connectivity index (χ3v) is 9.60. The van der Waals surface area contributed by atoms with Crippen molar-refractivity contribution in [1.29, 1.82) is 0 Å². The number of hydrogen-bond donors (Lipinski definition) is 2. The minimum Gasteiger partial charge on any atom is -0.394 e. The van der Waals surface area contributed by atoms with E-state index in [9.17, 15) is 36.3 Å². The highest BCUT2D eigenvalue weighted by molar-refractivity contribution is 7.91. The average molecular weight is 634 g/mol. The minimum absolute atomic E-state index is 0.0480. The minimum atomic E-state index is -4.45. The van der Waals surface area contributed by atoms with Gasteiger partial charge < -0.3 is 15.3 Å². The van der Waals surface area contributed by atoms with Crippen LogP contribution in [0.3, 0.4) is 0 Å². The van der Waals surface area contributed by atoms with E-state index in [-0.39, 0.29) is 28.0 Å². The van der Waals surface area contributed by atoms with Crippen LogP contribution in [0.5, 0.6) is 0 Å². The summed E-state index contributed by atoms with van der Waals surface area (Å²) in [6.07, 6.45) is -4.11. The van der Waals surface area contributed by atoms with Crippen LogP contribution < -0.4 is 10.2 Å². The average Bonchev–Trinajstić information content (AvgIpc) is 3.48. The fraction of sp³-hybridized carbons (Fsp3) is 0.355. The zero-order chi connectivity index (χ0) is 32.2. The summed E-state index contributed by atoms with van der Waals surface area (Å²) in [6.45, 7) is 1.48. The van der Waals surface area contributed by atoms with E-state index >= 15 is 0 Å². The van der Waals surface area contributed by atoms with E-state index in [2.05, 4.69) is 5.32 Å². The Hall–Kier alpha value is -3.94. The van der Waals surface area contributed by atoms with Crippen molar-refractivity contribution in [2.24, 2.45) is 0 Å². The lowest BCUT2D eigenvalue weighted by molar-refractivity contribution is -0.170. The van der Waals surface area contributed by atoms with Crippen molar-refractivity contribution in [2.45, 2.75) is 42.4 Å². The lowest BCUT2D eigenvalue weighted by atomic mass is 9.95. The van der Waals surface area contributed by atoms with E-state index in [0.717, 1.165) is 17.2 Å². The maximum Gasteiger partial charge on any atom is 0.416 e. The highest BCUT2D eigenvalue weighted by Crippen LogP contribution is 2.37. The molecule has 44 heavy (non-hydrogen) atoms. The summed E-state index contributed by atoms with van der Waals surface area (Å²) in [7, 11) is -0.553. The van der Waals surface area contributed by atoms with Crippen molar-refractivity contribution in [2.75, 3.05) is 38.0 Å².